The molecular formula is C14H17N3O2. The molecule has 2 rings (SSSR count). The molecular weight excluding hydrogens is 242 g/mol. The Hall–Kier alpha value is -2.30. The van der Waals surface area contributed by atoms with Gasteiger partial charge in [-0.05, 0) is 31.5 Å². The number of hydrogen-bond donors (Lipinski definition) is 1. The Morgan fingerprint density at radius 1 is 1.47 bits per heavy atom. The summed E-state index contributed by atoms with van der Waals surface area (Å²) >= 11 is 0. The highest BCUT2D eigenvalue weighted by Gasteiger charge is 2.05. The van der Waals surface area contributed by atoms with E-state index in [4.69, 9.17) is 4.74 Å². The number of amides is 1. The summed E-state index contributed by atoms with van der Waals surface area (Å²) in [5, 5.41) is 6.89. The summed E-state index contributed by atoms with van der Waals surface area (Å²) in [7, 11) is 0. The maximum atomic E-state index is 11.8. The van der Waals surface area contributed by atoms with Crippen molar-refractivity contribution < 1.29 is 9.53 Å². The molecule has 0 spiro atoms. The molecule has 0 saturated heterocycles. The Morgan fingerprint density at radius 3 is 3.00 bits per heavy atom. The number of carbonyl (C=O) groups excluding carboxylic acids is 1. The van der Waals surface area contributed by atoms with Crippen molar-refractivity contribution in [3.8, 4) is 5.75 Å². The van der Waals surface area contributed by atoms with Gasteiger partial charge in [-0.2, -0.15) is 5.10 Å². The monoisotopic (exact) mass is 259 g/mol. The standard InChI is InChI=1S/C14H17N3O2/c1-3-19-13-6-4-5-12(7-13)16-14(18)10-17-9-11(2)8-15-17/h4-9H,3,10H2,1-2H3,(H,16,18). The first kappa shape index (κ1) is 13.1. The van der Waals surface area contributed by atoms with E-state index in [0.717, 1.165) is 17.0 Å². The predicted octanol–water partition coefficient (Wildman–Crippen LogP) is 2.23. The fraction of sp³-hybridized carbons (Fsp3) is 0.286. The van der Waals surface area contributed by atoms with Gasteiger partial charge in [0.2, 0.25) is 5.91 Å². The minimum atomic E-state index is -0.114. The Labute approximate surface area is 112 Å². The molecule has 1 heterocycles. The first-order valence-corrected chi connectivity index (χ1v) is 6.19. The van der Waals surface area contributed by atoms with Crippen LogP contribution in [0.2, 0.25) is 0 Å². The van der Waals surface area contributed by atoms with E-state index in [0.29, 0.717) is 6.61 Å². The molecule has 1 amide bonds. The van der Waals surface area contributed by atoms with Gasteiger partial charge >= 0.3 is 0 Å². The van der Waals surface area contributed by atoms with Crippen LogP contribution in [0.1, 0.15) is 12.5 Å². The van der Waals surface area contributed by atoms with Crippen LogP contribution in [0.4, 0.5) is 5.69 Å². The number of anilines is 1. The second-order valence-electron chi connectivity index (χ2n) is 4.22. The maximum absolute atomic E-state index is 11.8. The second-order valence-corrected chi connectivity index (χ2v) is 4.22. The van der Waals surface area contributed by atoms with Crippen LogP contribution in [-0.2, 0) is 11.3 Å². The molecule has 1 aromatic carbocycles. The van der Waals surface area contributed by atoms with Gasteiger partial charge in [0.05, 0.1) is 12.8 Å². The Morgan fingerprint density at radius 2 is 2.32 bits per heavy atom. The van der Waals surface area contributed by atoms with Gasteiger partial charge in [0.1, 0.15) is 12.3 Å². The summed E-state index contributed by atoms with van der Waals surface area (Å²) in [6, 6.07) is 7.33. The van der Waals surface area contributed by atoms with Crippen LogP contribution in [0, 0.1) is 6.92 Å². The first-order valence-electron chi connectivity index (χ1n) is 6.19. The average Bonchev–Trinajstić information content (AvgIpc) is 2.75. The predicted molar refractivity (Wildman–Crippen MR) is 73.2 cm³/mol. The topological polar surface area (TPSA) is 56.1 Å². The summed E-state index contributed by atoms with van der Waals surface area (Å²) in [6.07, 6.45) is 3.55. The zero-order chi connectivity index (χ0) is 13.7. The molecule has 100 valence electrons. The van der Waals surface area contributed by atoms with Crippen molar-refractivity contribution in [1.29, 1.82) is 0 Å². The summed E-state index contributed by atoms with van der Waals surface area (Å²) in [4.78, 5) is 11.8. The Bertz CT molecular complexity index is 563. The van der Waals surface area contributed by atoms with Crippen LogP contribution >= 0.6 is 0 Å². The largest absolute Gasteiger partial charge is 0.494 e. The lowest BCUT2D eigenvalue weighted by molar-refractivity contribution is -0.116. The van der Waals surface area contributed by atoms with Gasteiger partial charge in [-0.1, -0.05) is 6.07 Å². The van der Waals surface area contributed by atoms with Crippen molar-refractivity contribution in [2.75, 3.05) is 11.9 Å². The average molecular weight is 259 g/mol. The fourth-order valence-corrected chi connectivity index (χ4v) is 1.73. The lowest BCUT2D eigenvalue weighted by Gasteiger charge is -2.08. The Balaban J connectivity index is 1.96. The molecule has 0 unspecified atom stereocenters. The number of ether oxygens (including phenoxy) is 1. The van der Waals surface area contributed by atoms with E-state index in [-0.39, 0.29) is 12.5 Å². The van der Waals surface area contributed by atoms with Crippen LogP contribution in [0.15, 0.2) is 36.7 Å². The highest BCUT2D eigenvalue weighted by molar-refractivity contribution is 5.90. The minimum Gasteiger partial charge on any atom is -0.494 e. The molecule has 0 saturated carbocycles. The van der Waals surface area contributed by atoms with Crippen molar-refractivity contribution in [3.63, 3.8) is 0 Å². The van der Waals surface area contributed by atoms with E-state index >= 15 is 0 Å². The molecule has 0 fully saturated rings. The molecule has 5 nitrogen and oxygen atoms in total. The number of aryl methyl sites for hydroxylation is 1. The molecule has 0 aliphatic heterocycles. The van der Waals surface area contributed by atoms with Crippen molar-refractivity contribution >= 4 is 11.6 Å². The van der Waals surface area contributed by atoms with Crippen molar-refractivity contribution in [2.45, 2.75) is 20.4 Å². The normalized spacial score (nSPS) is 10.2. The quantitative estimate of drug-likeness (QED) is 0.895. The highest BCUT2D eigenvalue weighted by Crippen LogP contribution is 2.17. The lowest BCUT2D eigenvalue weighted by Crippen LogP contribution is -2.19. The molecule has 0 aliphatic rings. The summed E-state index contributed by atoms with van der Waals surface area (Å²) < 4.78 is 6.99. The van der Waals surface area contributed by atoms with E-state index in [9.17, 15) is 4.79 Å². The van der Waals surface area contributed by atoms with Crippen molar-refractivity contribution in [2.24, 2.45) is 0 Å². The van der Waals surface area contributed by atoms with Crippen molar-refractivity contribution in [3.05, 3.63) is 42.2 Å². The first-order chi connectivity index (χ1) is 9.17. The lowest BCUT2D eigenvalue weighted by atomic mass is 10.3. The second kappa shape index (κ2) is 6.04. The van der Waals surface area contributed by atoms with Gasteiger partial charge in [-0.3, -0.25) is 9.48 Å². The molecule has 2 aromatic rings. The third-order valence-corrected chi connectivity index (χ3v) is 2.50. The number of nitrogens with zero attached hydrogens (tertiary/aromatic N) is 2. The van der Waals surface area contributed by atoms with Gasteiger partial charge in [-0.15, -0.1) is 0 Å². The van der Waals surface area contributed by atoms with Crippen molar-refractivity contribution in [1.82, 2.24) is 9.78 Å². The molecule has 1 N–H and O–H groups in total. The fourth-order valence-electron chi connectivity index (χ4n) is 1.73. The Kier molecular flexibility index (Phi) is 4.18. The molecule has 0 aliphatic carbocycles. The zero-order valence-corrected chi connectivity index (χ0v) is 11.1. The molecule has 5 heteroatoms. The zero-order valence-electron chi connectivity index (χ0n) is 11.1. The summed E-state index contributed by atoms with van der Waals surface area (Å²) in [5.41, 5.74) is 1.76. The number of nitrogens with one attached hydrogen (secondary N) is 1. The molecule has 0 radical (unpaired) electrons. The van der Waals surface area contributed by atoms with Gasteiger partial charge in [0.15, 0.2) is 0 Å². The minimum absolute atomic E-state index is 0.114. The van der Waals surface area contributed by atoms with Crippen LogP contribution in [0.25, 0.3) is 0 Å². The molecule has 0 bridgehead atoms. The number of benzene rings is 1. The highest BCUT2D eigenvalue weighted by atomic mass is 16.5. The van der Waals surface area contributed by atoms with Gasteiger partial charge in [-0.25, -0.2) is 0 Å². The van der Waals surface area contributed by atoms with Gasteiger partial charge < -0.3 is 10.1 Å². The molecule has 1 aromatic heterocycles. The van der Waals surface area contributed by atoms with Crippen LogP contribution in [0.3, 0.4) is 0 Å². The number of aromatic nitrogens is 2. The SMILES string of the molecule is CCOc1cccc(NC(=O)Cn2cc(C)cn2)c1. The van der Waals surface area contributed by atoms with Gasteiger partial charge in [0.25, 0.3) is 0 Å². The van der Waals surface area contributed by atoms with E-state index < -0.39 is 0 Å². The number of hydrogen-bond acceptors (Lipinski definition) is 3. The van der Waals surface area contributed by atoms with Crippen LogP contribution < -0.4 is 10.1 Å². The number of rotatable bonds is 5. The van der Waals surface area contributed by atoms with E-state index in [1.165, 1.54) is 0 Å². The number of carbonyl (C=O) groups is 1. The van der Waals surface area contributed by atoms with Gasteiger partial charge in [0, 0.05) is 18.0 Å². The van der Waals surface area contributed by atoms with E-state index in [1.54, 1.807) is 16.9 Å². The smallest absolute Gasteiger partial charge is 0.246 e. The molecule has 19 heavy (non-hydrogen) atoms. The maximum Gasteiger partial charge on any atom is 0.246 e. The van der Waals surface area contributed by atoms with Crippen LogP contribution in [0.5, 0.6) is 5.75 Å². The molecule has 0 atom stereocenters. The third-order valence-electron chi connectivity index (χ3n) is 2.50. The third kappa shape index (κ3) is 3.84. The van der Waals surface area contributed by atoms with E-state index in [2.05, 4.69) is 10.4 Å². The van der Waals surface area contributed by atoms with Crippen LogP contribution in [-0.4, -0.2) is 22.3 Å². The summed E-state index contributed by atoms with van der Waals surface area (Å²) in [5.74, 6) is 0.631. The summed E-state index contributed by atoms with van der Waals surface area (Å²) in [6.45, 7) is 4.66. The van der Waals surface area contributed by atoms with E-state index in [1.807, 2.05) is 38.2 Å².